The molecule has 1 aliphatic heterocycles. The highest BCUT2D eigenvalue weighted by molar-refractivity contribution is 9.10. The summed E-state index contributed by atoms with van der Waals surface area (Å²) in [7, 11) is 0. The Bertz CT molecular complexity index is 1300. The van der Waals surface area contributed by atoms with E-state index in [1.807, 2.05) is 90.6 Å². The van der Waals surface area contributed by atoms with Crippen LogP contribution < -0.4 is 0 Å². The minimum atomic E-state index is -0.219. The van der Waals surface area contributed by atoms with Gasteiger partial charge in [0.1, 0.15) is 0 Å². The predicted octanol–water partition coefficient (Wildman–Crippen LogP) is 6.39. The number of para-hydroxylation sites is 1. The average Bonchev–Trinajstić information content (AvgIpc) is 3.50. The van der Waals surface area contributed by atoms with Gasteiger partial charge in [-0.15, -0.1) is 0 Å². The standard InChI is InChI=1S/C27H23BrN4O/c1-2-26(33)32-25(17-24(29-32)19-13-15-21(28)16-14-19)23-18-31(22-11-7-4-8-12-22)30-27(23)20-9-5-3-6-10-20/h3-16,18,25H,2,17H2,1H3/t25-/m0/s1. The smallest absolute Gasteiger partial charge is 0.242 e. The largest absolute Gasteiger partial charge is 0.273 e. The number of hydrogen-bond donors (Lipinski definition) is 0. The van der Waals surface area contributed by atoms with E-state index in [1.165, 1.54) is 0 Å². The van der Waals surface area contributed by atoms with E-state index < -0.39 is 0 Å². The van der Waals surface area contributed by atoms with Crippen molar-refractivity contribution < 1.29 is 4.79 Å². The van der Waals surface area contributed by atoms with Gasteiger partial charge in [0.15, 0.2) is 0 Å². The van der Waals surface area contributed by atoms with Crippen LogP contribution in [0.2, 0.25) is 0 Å². The Kier molecular flexibility index (Phi) is 5.92. The molecule has 5 rings (SSSR count). The monoisotopic (exact) mass is 498 g/mol. The van der Waals surface area contributed by atoms with Crippen molar-refractivity contribution in [2.45, 2.75) is 25.8 Å². The zero-order valence-electron chi connectivity index (χ0n) is 18.2. The van der Waals surface area contributed by atoms with Crippen molar-refractivity contribution >= 4 is 27.5 Å². The second-order valence-corrected chi connectivity index (χ2v) is 8.86. The number of hydrogen-bond acceptors (Lipinski definition) is 3. The summed E-state index contributed by atoms with van der Waals surface area (Å²) in [6.07, 6.45) is 3.06. The van der Waals surface area contributed by atoms with Crippen molar-refractivity contribution in [1.29, 1.82) is 0 Å². The van der Waals surface area contributed by atoms with Crippen LogP contribution in [0.3, 0.4) is 0 Å². The molecule has 0 fully saturated rings. The van der Waals surface area contributed by atoms with E-state index in [-0.39, 0.29) is 11.9 Å². The lowest BCUT2D eigenvalue weighted by Crippen LogP contribution is -2.26. The Hall–Kier alpha value is -3.51. The van der Waals surface area contributed by atoms with Crippen molar-refractivity contribution in [3.05, 3.63) is 107 Å². The summed E-state index contributed by atoms with van der Waals surface area (Å²) in [5, 5.41) is 11.4. The fourth-order valence-electron chi connectivity index (χ4n) is 4.13. The van der Waals surface area contributed by atoms with Crippen molar-refractivity contribution in [2.24, 2.45) is 5.10 Å². The highest BCUT2D eigenvalue weighted by atomic mass is 79.9. The molecule has 6 heteroatoms. The molecule has 1 aromatic heterocycles. The molecule has 0 bridgehead atoms. The first-order valence-electron chi connectivity index (χ1n) is 11.0. The number of nitrogens with zero attached hydrogens (tertiary/aromatic N) is 4. The van der Waals surface area contributed by atoms with Gasteiger partial charge in [0.2, 0.25) is 5.91 Å². The number of halogens is 1. The molecular formula is C27H23BrN4O. The van der Waals surface area contributed by atoms with Gasteiger partial charge in [-0.3, -0.25) is 4.79 Å². The van der Waals surface area contributed by atoms with Gasteiger partial charge >= 0.3 is 0 Å². The van der Waals surface area contributed by atoms with Crippen LogP contribution in [0.25, 0.3) is 16.9 Å². The summed E-state index contributed by atoms with van der Waals surface area (Å²) >= 11 is 3.49. The lowest BCUT2D eigenvalue weighted by molar-refractivity contribution is -0.132. The molecule has 0 saturated carbocycles. The first-order valence-corrected chi connectivity index (χ1v) is 11.8. The molecule has 1 atom stereocenters. The lowest BCUT2D eigenvalue weighted by atomic mass is 9.96. The van der Waals surface area contributed by atoms with Gasteiger partial charge in [-0.2, -0.15) is 10.2 Å². The molecule has 33 heavy (non-hydrogen) atoms. The SMILES string of the molecule is CCC(=O)N1N=C(c2ccc(Br)cc2)C[C@H]1c1cn(-c2ccccc2)nc1-c1ccccc1. The summed E-state index contributed by atoms with van der Waals surface area (Å²) in [6.45, 7) is 1.87. The zero-order valence-corrected chi connectivity index (χ0v) is 19.8. The Morgan fingerprint density at radius 3 is 2.27 bits per heavy atom. The average molecular weight is 499 g/mol. The van der Waals surface area contributed by atoms with Gasteiger partial charge in [0, 0.05) is 34.6 Å². The topological polar surface area (TPSA) is 50.5 Å². The van der Waals surface area contributed by atoms with Crippen LogP contribution in [0, 0.1) is 0 Å². The van der Waals surface area contributed by atoms with Crippen molar-refractivity contribution in [1.82, 2.24) is 14.8 Å². The van der Waals surface area contributed by atoms with E-state index in [2.05, 4.69) is 28.1 Å². The van der Waals surface area contributed by atoms with Crippen molar-refractivity contribution in [2.75, 3.05) is 0 Å². The summed E-state index contributed by atoms with van der Waals surface area (Å²) in [4.78, 5) is 12.9. The van der Waals surface area contributed by atoms with Gasteiger partial charge in [-0.1, -0.05) is 83.5 Å². The Labute approximate surface area is 201 Å². The molecular weight excluding hydrogens is 476 g/mol. The van der Waals surface area contributed by atoms with Crippen LogP contribution in [0.5, 0.6) is 0 Å². The number of aromatic nitrogens is 2. The second kappa shape index (κ2) is 9.16. The Morgan fingerprint density at radius 2 is 1.61 bits per heavy atom. The third-order valence-corrected chi connectivity index (χ3v) is 6.34. The Balaban J connectivity index is 1.61. The normalized spacial score (nSPS) is 15.5. The molecule has 164 valence electrons. The minimum Gasteiger partial charge on any atom is -0.273 e. The van der Waals surface area contributed by atoms with Crippen LogP contribution in [0.1, 0.15) is 36.9 Å². The third-order valence-electron chi connectivity index (χ3n) is 5.82. The molecule has 0 saturated heterocycles. The van der Waals surface area contributed by atoms with Crippen molar-refractivity contribution in [3.8, 4) is 16.9 Å². The fraction of sp³-hybridized carbons (Fsp3) is 0.148. The van der Waals surface area contributed by atoms with E-state index in [0.717, 1.165) is 38.3 Å². The lowest BCUT2D eigenvalue weighted by Gasteiger charge is -2.21. The fourth-order valence-corrected chi connectivity index (χ4v) is 4.39. The van der Waals surface area contributed by atoms with Gasteiger partial charge in [-0.25, -0.2) is 9.69 Å². The third kappa shape index (κ3) is 4.26. The number of rotatable bonds is 5. The molecule has 1 aliphatic rings. The first-order chi connectivity index (χ1) is 16.1. The number of amides is 1. The van der Waals surface area contributed by atoms with Crippen LogP contribution in [0.15, 0.2) is 101 Å². The summed E-state index contributed by atoms with van der Waals surface area (Å²) < 4.78 is 2.91. The predicted molar refractivity (Wildman–Crippen MR) is 134 cm³/mol. The van der Waals surface area contributed by atoms with E-state index in [9.17, 15) is 4.79 Å². The zero-order chi connectivity index (χ0) is 22.8. The maximum atomic E-state index is 12.9. The van der Waals surface area contributed by atoms with Crippen LogP contribution in [-0.2, 0) is 4.79 Å². The highest BCUT2D eigenvalue weighted by Crippen LogP contribution is 2.38. The van der Waals surface area contributed by atoms with Crippen LogP contribution >= 0.6 is 15.9 Å². The second-order valence-electron chi connectivity index (χ2n) is 7.94. The first kappa shape index (κ1) is 21.3. The molecule has 0 radical (unpaired) electrons. The minimum absolute atomic E-state index is 0.00131. The molecule has 3 aromatic carbocycles. The molecule has 4 aromatic rings. The molecule has 0 unspecified atom stereocenters. The van der Waals surface area contributed by atoms with Crippen LogP contribution in [-0.4, -0.2) is 26.4 Å². The summed E-state index contributed by atoms with van der Waals surface area (Å²) in [5.74, 6) is -0.00131. The van der Waals surface area contributed by atoms with E-state index in [0.29, 0.717) is 12.8 Å². The molecule has 2 heterocycles. The number of hydrazone groups is 1. The van der Waals surface area contributed by atoms with Crippen molar-refractivity contribution in [3.63, 3.8) is 0 Å². The van der Waals surface area contributed by atoms with Gasteiger partial charge in [0.25, 0.3) is 0 Å². The number of carbonyl (C=O) groups excluding carboxylic acids is 1. The quantitative estimate of drug-likeness (QED) is 0.320. The number of benzene rings is 3. The molecule has 0 spiro atoms. The maximum Gasteiger partial charge on any atom is 0.242 e. The van der Waals surface area contributed by atoms with Gasteiger partial charge in [0.05, 0.1) is 23.1 Å². The van der Waals surface area contributed by atoms with E-state index in [1.54, 1.807) is 5.01 Å². The maximum absolute atomic E-state index is 12.9. The summed E-state index contributed by atoms with van der Waals surface area (Å²) in [6, 6.07) is 28.0. The van der Waals surface area contributed by atoms with E-state index in [4.69, 9.17) is 10.2 Å². The molecule has 5 nitrogen and oxygen atoms in total. The summed E-state index contributed by atoms with van der Waals surface area (Å²) in [5.41, 5.74) is 5.77. The molecule has 0 aliphatic carbocycles. The van der Waals surface area contributed by atoms with E-state index >= 15 is 0 Å². The highest BCUT2D eigenvalue weighted by Gasteiger charge is 2.35. The molecule has 1 amide bonds. The van der Waals surface area contributed by atoms with Gasteiger partial charge in [-0.05, 0) is 29.8 Å². The number of carbonyl (C=O) groups is 1. The van der Waals surface area contributed by atoms with Gasteiger partial charge < -0.3 is 0 Å². The van der Waals surface area contributed by atoms with Crippen LogP contribution in [0.4, 0.5) is 0 Å². The Morgan fingerprint density at radius 1 is 0.939 bits per heavy atom. The molecule has 0 N–H and O–H groups in total.